The van der Waals surface area contributed by atoms with Crippen molar-refractivity contribution in [3.05, 3.63) is 24.3 Å². The number of rotatable bonds is 3. The van der Waals surface area contributed by atoms with Crippen LogP contribution in [-0.4, -0.2) is 12.6 Å². The number of carbonyl (C=O) groups is 1. The van der Waals surface area contributed by atoms with Gasteiger partial charge in [-0.2, -0.15) is 0 Å². The van der Waals surface area contributed by atoms with Gasteiger partial charge >= 0.3 is 5.97 Å². The van der Waals surface area contributed by atoms with Crippen LogP contribution >= 0.6 is 0 Å². The summed E-state index contributed by atoms with van der Waals surface area (Å²) in [5.74, 6) is 1.19. The number of esters is 1. The highest BCUT2D eigenvalue weighted by Gasteiger charge is 2.55. The van der Waals surface area contributed by atoms with E-state index in [1.807, 2.05) is 0 Å². The first-order chi connectivity index (χ1) is 11.2. The van der Waals surface area contributed by atoms with Gasteiger partial charge in [0, 0.05) is 12.3 Å². The van der Waals surface area contributed by atoms with Crippen molar-refractivity contribution in [1.82, 2.24) is 0 Å². The molecule has 0 N–H and O–H groups in total. The molecular formula is C22H34O2. The van der Waals surface area contributed by atoms with Gasteiger partial charge in [-0.1, -0.05) is 44.9 Å². The first-order valence-corrected chi connectivity index (χ1v) is 9.68. The Morgan fingerprint density at radius 2 is 2.08 bits per heavy atom. The van der Waals surface area contributed by atoms with Crippen molar-refractivity contribution >= 4 is 5.97 Å². The van der Waals surface area contributed by atoms with Gasteiger partial charge in [0.1, 0.15) is 0 Å². The Morgan fingerprint density at radius 1 is 1.33 bits per heavy atom. The van der Waals surface area contributed by atoms with Crippen LogP contribution in [0.15, 0.2) is 24.3 Å². The van der Waals surface area contributed by atoms with Gasteiger partial charge < -0.3 is 4.74 Å². The molecule has 3 aliphatic carbocycles. The van der Waals surface area contributed by atoms with Crippen LogP contribution in [0.25, 0.3) is 0 Å². The van der Waals surface area contributed by atoms with Gasteiger partial charge in [-0.25, -0.2) is 0 Å². The highest BCUT2D eigenvalue weighted by molar-refractivity contribution is 5.65. The van der Waals surface area contributed by atoms with Gasteiger partial charge in [-0.15, -0.1) is 6.58 Å². The van der Waals surface area contributed by atoms with Gasteiger partial charge in [-0.05, 0) is 61.2 Å². The van der Waals surface area contributed by atoms with E-state index < -0.39 is 0 Å². The molecule has 5 unspecified atom stereocenters. The lowest BCUT2D eigenvalue weighted by Gasteiger charge is -2.59. The predicted octanol–water partition coefficient (Wildman–Crippen LogP) is 5.68. The molecule has 0 aromatic heterocycles. The lowest BCUT2D eigenvalue weighted by molar-refractivity contribution is -0.151. The van der Waals surface area contributed by atoms with E-state index in [-0.39, 0.29) is 16.8 Å². The Labute approximate surface area is 147 Å². The van der Waals surface area contributed by atoms with Gasteiger partial charge in [0.05, 0.1) is 6.61 Å². The van der Waals surface area contributed by atoms with Crippen LogP contribution in [0.5, 0.6) is 0 Å². The summed E-state index contributed by atoms with van der Waals surface area (Å²) in [5, 5.41) is 0. The molecule has 0 aliphatic heterocycles. The van der Waals surface area contributed by atoms with Gasteiger partial charge in [-0.3, -0.25) is 4.79 Å². The summed E-state index contributed by atoms with van der Waals surface area (Å²) >= 11 is 0. The van der Waals surface area contributed by atoms with Gasteiger partial charge in [0.25, 0.3) is 0 Å². The molecule has 2 saturated carbocycles. The minimum Gasteiger partial charge on any atom is -0.465 e. The molecular weight excluding hydrogens is 296 g/mol. The molecule has 0 spiro atoms. The van der Waals surface area contributed by atoms with E-state index in [2.05, 4.69) is 39.5 Å². The van der Waals surface area contributed by atoms with E-state index in [0.29, 0.717) is 23.9 Å². The SMILES string of the molecule is C=CC1(C)CCC2C(=CCC3C(C)(COC(C)=O)CCCC23C)C1. The number of carbonyl (C=O) groups excluding carboxylic acids is 1. The fourth-order valence-corrected chi connectivity index (χ4v) is 6.18. The molecule has 3 aliphatic rings. The zero-order chi connectivity index (χ0) is 17.6. The van der Waals surface area contributed by atoms with Gasteiger partial charge in [0.2, 0.25) is 0 Å². The van der Waals surface area contributed by atoms with Crippen LogP contribution in [0.1, 0.15) is 72.6 Å². The maximum Gasteiger partial charge on any atom is 0.302 e. The van der Waals surface area contributed by atoms with E-state index in [1.165, 1.54) is 45.4 Å². The summed E-state index contributed by atoms with van der Waals surface area (Å²) in [6.45, 7) is 13.4. The Hall–Kier alpha value is -1.05. The van der Waals surface area contributed by atoms with E-state index in [4.69, 9.17) is 4.74 Å². The summed E-state index contributed by atoms with van der Waals surface area (Å²) < 4.78 is 5.49. The molecule has 0 aromatic carbocycles. The molecule has 2 nitrogen and oxygen atoms in total. The Kier molecular flexibility index (Phi) is 4.47. The quantitative estimate of drug-likeness (QED) is 0.491. The number of ether oxygens (including phenoxy) is 1. The summed E-state index contributed by atoms with van der Waals surface area (Å²) in [4.78, 5) is 11.4. The molecule has 2 fully saturated rings. The second kappa shape index (κ2) is 6.04. The molecule has 2 heteroatoms. The molecule has 0 amide bonds. The van der Waals surface area contributed by atoms with E-state index >= 15 is 0 Å². The third kappa shape index (κ3) is 2.86. The smallest absolute Gasteiger partial charge is 0.302 e. The van der Waals surface area contributed by atoms with E-state index in [9.17, 15) is 4.79 Å². The summed E-state index contributed by atoms with van der Waals surface area (Å²) in [6.07, 6.45) is 13.3. The highest BCUT2D eigenvalue weighted by atomic mass is 16.5. The monoisotopic (exact) mass is 330 g/mol. The fourth-order valence-electron chi connectivity index (χ4n) is 6.18. The van der Waals surface area contributed by atoms with Gasteiger partial charge in [0.15, 0.2) is 0 Å². The van der Waals surface area contributed by atoms with E-state index in [1.54, 1.807) is 5.57 Å². The molecule has 0 heterocycles. The minimum atomic E-state index is -0.144. The summed E-state index contributed by atoms with van der Waals surface area (Å²) in [7, 11) is 0. The molecule has 24 heavy (non-hydrogen) atoms. The average Bonchev–Trinajstić information content (AvgIpc) is 2.52. The standard InChI is InChI=1S/C22H34O2/c1-6-20(3)13-10-18-17(14-20)8-9-19-21(4,15-24-16(2)23)11-7-12-22(18,19)5/h6,8,18-19H,1,7,9-15H2,2-5H3. The molecule has 134 valence electrons. The number of fused-ring (bicyclic) bond motifs is 3. The normalized spacial score (nSPS) is 44.8. The Balaban J connectivity index is 1.88. The van der Waals surface area contributed by atoms with Crippen LogP contribution in [0, 0.1) is 28.1 Å². The number of allylic oxidation sites excluding steroid dienone is 3. The number of hydrogen-bond acceptors (Lipinski definition) is 2. The molecule has 0 bridgehead atoms. The largest absolute Gasteiger partial charge is 0.465 e. The van der Waals surface area contributed by atoms with Crippen LogP contribution in [0.2, 0.25) is 0 Å². The number of hydrogen-bond donors (Lipinski definition) is 0. The highest BCUT2D eigenvalue weighted by Crippen LogP contribution is 2.63. The zero-order valence-electron chi connectivity index (χ0n) is 16.0. The first kappa shape index (κ1) is 17.8. The van der Waals surface area contributed by atoms with Crippen molar-refractivity contribution in [3.63, 3.8) is 0 Å². The molecule has 0 aromatic rings. The van der Waals surface area contributed by atoms with Crippen molar-refractivity contribution in [2.75, 3.05) is 6.61 Å². The fraction of sp³-hybridized carbons (Fsp3) is 0.773. The lowest BCUT2D eigenvalue weighted by atomic mass is 9.45. The van der Waals surface area contributed by atoms with Crippen molar-refractivity contribution in [2.24, 2.45) is 28.1 Å². The maximum absolute atomic E-state index is 11.4. The maximum atomic E-state index is 11.4. The molecule has 0 radical (unpaired) electrons. The van der Waals surface area contributed by atoms with Crippen LogP contribution < -0.4 is 0 Å². The third-order valence-electron chi connectivity index (χ3n) is 7.67. The molecule has 3 rings (SSSR count). The second-order valence-corrected chi connectivity index (χ2v) is 9.49. The summed E-state index contributed by atoms with van der Waals surface area (Å²) in [5.41, 5.74) is 2.44. The predicted molar refractivity (Wildman–Crippen MR) is 98.5 cm³/mol. The zero-order valence-corrected chi connectivity index (χ0v) is 16.0. The Bertz CT molecular complexity index is 562. The Morgan fingerprint density at radius 3 is 2.75 bits per heavy atom. The average molecular weight is 331 g/mol. The summed E-state index contributed by atoms with van der Waals surface area (Å²) in [6, 6.07) is 0. The van der Waals surface area contributed by atoms with Crippen LogP contribution in [0.3, 0.4) is 0 Å². The molecule has 5 atom stereocenters. The van der Waals surface area contributed by atoms with E-state index in [0.717, 1.165) is 6.42 Å². The third-order valence-corrected chi connectivity index (χ3v) is 7.67. The second-order valence-electron chi connectivity index (χ2n) is 9.49. The van der Waals surface area contributed by atoms with Crippen molar-refractivity contribution in [3.8, 4) is 0 Å². The van der Waals surface area contributed by atoms with Crippen LogP contribution in [-0.2, 0) is 9.53 Å². The lowest BCUT2D eigenvalue weighted by Crippen LogP contribution is -2.52. The minimum absolute atomic E-state index is 0.125. The topological polar surface area (TPSA) is 26.3 Å². The molecule has 0 saturated heterocycles. The van der Waals surface area contributed by atoms with Crippen molar-refractivity contribution < 1.29 is 9.53 Å². The van der Waals surface area contributed by atoms with Crippen LogP contribution in [0.4, 0.5) is 0 Å². The van der Waals surface area contributed by atoms with Crippen molar-refractivity contribution in [2.45, 2.75) is 72.6 Å². The van der Waals surface area contributed by atoms with Crippen molar-refractivity contribution in [1.29, 1.82) is 0 Å². The first-order valence-electron chi connectivity index (χ1n) is 9.68.